The number of pyridine rings is 1. The van der Waals surface area contributed by atoms with Crippen molar-refractivity contribution in [1.82, 2.24) is 9.71 Å². The van der Waals surface area contributed by atoms with Crippen molar-refractivity contribution in [1.29, 1.82) is 0 Å². The first-order chi connectivity index (χ1) is 9.96. The maximum atomic E-state index is 12.4. The number of nitrogens with two attached hydrogens (primary N) is 1. The fraction of sp³-hybridized carbons (Fsp3) is 0.250. The van der Waals surface area contributed by atoms with Crippen LogP contribution in [-0.2, 0) is 23.0 Å². The number of nitrogens with zero attached hydrogens (tertiary/aromatic N) is 1. The van der Waals surface area contributed by atoms with Crippen LogP contribution in [0, 0.1) is 0 Å². The zero-order valence-electron chi connectivity index (χ0n) is 11.3. The van der Waals surface area contributed by atoms with Gasteiger partial charge in [0.2, 0.25) is 10.0 Å². The molecule has 21 heavy (non-hydrogen) atoms. The van der Waals surface area contributed by atoms with Gasteiger partial charge in [-0.2, -0.15) is 0 Å². The normalized spacial score (nSPS) is 11.6. The molecule has 0 fully saturated rings. The highest BCUT2D eigenvalue weighted by Gasteiger charge is 2.20. The van der Waals surface area contributed by atoms with E-state index in [4.69, 9.17) is 5.84 Å². The predicted octanol–water partition coefficient (Wildman–Crippen LogP) is 2.23. The van der Waals surface area contributed by atoms with E-state index >= 15 is 0 Å². The summed E-state index contributed by atoms with van der Waals surface area (Å²) in [7, 11) is -3.70. The number of hydrogen-bond acceptors (Lipinski definition) is 6. The Morgan fingerprint density at radius 3 is 2.71 bits per heavy atom. The molecule has 0 atom stereocenters. The van der Waals surface area contributed by atoms with E-state index in [2.05, 4.69) is 38.0 Å². The molecule has 0 radical (unpaired) electrons. The molecular formula is C12H15BrN4O2S2. The minimum Gasteiger partial charge on any atom is -0.307 e. The van der Waals surface area contributed by atoms with Crippen LogP contribution in [0.1, 0.15) is 16.7 Å². The van der Waals surface area contributed by atoms with Crippen molar-refractivity contribution in [2.24, 2.45) is 5.84 Å². The number of nitrogens with one attached hydrogen (secondary N) is 2. The number of thiophene rings is 1. The second-order valence-corrected chi connectivity index (χ2v) is 8.09. The van der Waals surface area contributed by atoms with Crippen LogP contribution in [0.25, 0.3) is 0 Å². The number of sulfonamides is 1. The van der Waals surface area contributed by atoms with E-state index in [1.807, 2.05) is 12.1 Å². The molecule has 0 amide bonds. The van der Waals surface area contributed by atoms with Gasteiger partial charge in [0.1, 0.15) is 4.90 Å². The molecule has 0 aliphatic heterocycles. The largest absolute Gasteiger partial charge is 0.307 e. The van der Waals surface area contributed by atoms with E-state index in [0.717, 1.165) is 11.3 Å². The molecule has 0 spiro atoms. The topological polar surface area (TPSA) is 97.1 Å². The molecule has 2 aromatic heterocycles. The van der Waals surface area contributed by atoms with Crippen LogP contribution in [0.2, 0.25) is 0 Å². The first-order valence-electron chi connectivity index (χ1n) is 6.15. The average Bonchev–Trinajstić information content (AvgIpc) is 2.93. The maximum Gasteiger partial charge on any atom is 0.244 e. The van der Waals surface area contributed by atoms with Crippen molar-refractivity contribution in [3.63, 3.8) is 0 Å². The van der Waals surface area contributed by atoms with Crippen LogP contribution in [-0.4, -0.2) is 13.4 Å². The second kappa shape index (κ2) is 6.84. The van der Waals surface area contributed by atoms with Gasteiger partial charge < -0.3 is 5.43 Å². The molecule has 2 heterocycles. The number of hydrogen-bond donors (Lipinski definition) is 3. The minimum atomic E-state index is -3.70. The first-order valence-corrected chi connectivity index (χ1v) is 9.25. The average molecular weight is 391 g/mol. The summed E-state index contributed by atoms with van der Waals surface area (Å²) >= 11 is 4.80. The lowest BCUT2D eigenvalue weighted by molar-refractivity contribution is 0.581. The molecule has 9 heteroatoms. The first kappa shape index (κ1) is 16.4. The highest BCUT2D eigenvalue weighted by atomic mass is 79.9. The summed E-state index contributed by atoms with van der Waals surface area (Å²) in [6, 6.07) is 5.38. The maximum absolute atomic E-state index is 12.4. The fourth-order valence-corrected chi connectivity index (χ4v) is 4.31. The van der Waals surface area contributed by atoms with E-state index in [9.17, 15) is 8.42 Å². The Hall–Kier alpha value is -1.00. The molecule has 0 aliphatic rings. The van der Waals surface area contributed by atoms with Gasteiger partial charge in [0.25, 0.3) is 0 Å². The number of anilines is 1. The third-order valence-corrected chi connectivity index (χ3v) is 5.83. The molecule has 0 saturated carbocycles. The summed E-state index contributed by atoms with van der Waals surface area (Å²) in [6.07, 6.45) is 2.41. The molecule has 0 unspecified atom stereocenters. The molecule has 114 valence electrons. The van der Waals surface area contributed by atoms with Gasteiger partial charge in [-0.25, -0.2) is 24.0 Å². The van der Waals surface area contributed by atoms with Crippen LogP contribution in [0.3, 0.4) is 0 Å². The third kappa shape index (κ3) is 4.01. The highest BCUT2D eigenvalue weighted by Crippen LogP contribution is 2.23. The zero-order chi connectivity index (χ0) is 15.5. The SMILES string of the molecule is CCc1ccc(CNS(=O)(=O)c2cc(Br)cnc2NN)s1. The summed E-state index contributed by atoms with van der Waals surface area (Å²) in [6.45, 7) is 2.30. The number of halogens is 1. The quantitative estimate of drug-likeness (QED) is 0.518. The smallest absolute Gasteiger partial charge is 0.244 e. The minimum absolute atomic E-state index is 0.00615. The van der Waals surface area contributed by atoms with Crippen LogP contribution in [0.15, 0.2) is 33.8 Å². The van der Waals surface area contributed by atoms with Crippen LogP contribution < -0.4 is 16.0 Å². The molecule has 0 aliphatic carbocycles. The van der Waals surface area contributed by atoms with Crippen LogP contribution in [0.5, 0.6) is 0 Å². The summed E-state index contributed by atoms with van der Waals surface area (Å²) in [5.74, 6) is 5.41. The lowest BCUT2D eigenvalue weighted by Crippen LogP contribution is -2.25. The fourth-order valence-electron chi connectivity index (χ4n) is 1.69. The van der Waals surface area contributed by atoms with Crippen molar-refractivity contribution in [2.45, 2.75) is 24.8 Å². The van der Waals surface area contributed by atoms with Crippen molar-refractivity contribution in [2.75, 3.05) is 5.43 Å². The molecular weight excluding hydrogens is 376 g/mol. The van der Waals surface area contributed by atoms with Crippen molar-refractivity contribution in [3.8, 4) is 0 Å². The summed E-state index contributed by atoms with van der Waals surface area (Å²) in [5.41, 5.74) is 2.29. The molecule has 6 nitrogen and oxygen atoms in total. The van der Waals surface area contributed by atoms with E-state index in [-0.39, 0.29) is 17.3 Å². The highest BCUT2D eigenvalue weighted by molar-refractivity contribution is 9.10. The third-order valence-electron chi connectivity index (χ3n) is 2.75. The summed E-state index contributed by atoms with van der Waals surface area (Å²) in [4.78, 5) is 6.12. The lowest BCUT2D eigenvalue weighted by atomic mass is 10.4. The molecule has 0 bridgehead atoms. The standard InChI is InChI=1S/C12H15BrN4O2S2/c1-2-9-3-4-10(20-9)7-16-21(18,19)11-5-8(13)6-15-12(11)17-14/h3-6,16H,2,7,14H2,1H3,(H,15,17). The molecule has 2 aromatic rings. The van der Waals surface area contributed by atoms with Gasteiger partial charge in [-0.3, -0.25) is 0 Å². The van der Waals surface area contributed by atoms with Crippen LogP contribution in [0.4, 0.5) is 5.82 Å². The van der Waals surface area contributed by atoms with Gasteiger partial charge in [0.15, 0.2) is 5.82 Å². The Bertz CT molecular complexity index is 731. The van der Waals surface area contributed by atoms with Gasteiger partial charge in [0.05, 0.1) is 0 Å². The Morgan fingerprint density at radius 2 is 2.10 bits per heavy atom. The molecule has 4 N–H and O–H groups in total. The van der Waals surface area contributed by atoms with Gasteiger partial charge in [-0.15, -0.1) is 11.3 Å². The Labute approximate surface area is 135 Å². The van der Waals surface area contributed by atoms with Gasteiger partial charge >= 0.3 is 0 Å². The Morgan fingerprint density at radius 1 is 1.38 bits per heavy atom. The number of hydrazine groups is 1. The van der Waals surface area contributed by atoms with Gasteiger partial charge in [0, 0.05) is 27.0 Å². The summed E-state index contributed by atoms with van der Waals surface area (Å²) < 4.78 is 27.8. The van der Waals surface area contributed by atoms with Crippen LogP contribution >= 0.6 is 27.3 Å². The number of aromatic nitrogens is 1. The van der Waals surface area contributed by atoms with Gasteiger partial charge in [-0.1, -0.05) is 6.92 Å². The van der Waals surface area contributed by atoms with Crippen molar-refractivity contribution >= 4 is 43.1 Å². The van der Waals surface area contributed by atoms with E-state index in [0.29, 0.717) is 4.47 Å². The Kier molecular flexibility index (Phi) is 5.33. The van der Waals surface area contributed by atoms with Crippen molar-refractivity contribution in [3.05, 3.63) is 38.6 Å². The number of rotatable bonds is 6. The second-order valence-electron chi connectivity index (χ2n) is 4.19. The zero-order valence-corrected chi connectivity index (χ0v) is 14.5. The monoisotopic (exact) mass is 390 g/mol. The predicted molar refractivity (Wildman–Crippen MR) is 87.5 cm³/mol. The molecule has 0 saturated heterocycles. The lowest BCUT2D eigenvalue weighted by Gasteiger charge is -2.10. The summed E-state index contributed by atoms with van der Waals surface area (Å²) in [5, 5.41) is 0. The van der Waals surface area contributed by atoms with E-state index in [1.165, 1.54) is 17.1 Å². The van der Waals surface area contributed by atoms with Crippen molar-refractivity contribution < 1.29 is 8.42 Å². The molecule has 2 rings (SSSR count). The number of nitrogen functional groups attached to an aromatic ring is 1. The van der Waals surface area contributed by atoms with E-state index in [1.54, 1.807) is 11.3 Å². The van der Waals surface area contributed by atoms with E-state index < -0.39 is 10.0 Å². The van der Waals surface area contributed by atoms with Gasteiger partial charge in [-0.05, 0) is 40.5 Å². The molecule has 0 aromatic carbocycles. The number of aryl methyl sites for hydroxylation is 1. The Balaban J connectivity index is 2.20.